The lowest BCUT2D eigenvalue weighted by Gasteiger charge is -1.94. The van der Waals surface area contributed by atoms with Crippen LogP contribution in [0.25, 0.3) is 0 Å². The molecule has 0 saturated carbocycles. The van der Waals surface area contributed by atoms with Gasteiger partial charge in [0.2, 0.25) is 0 Å². The third-order valence-electron chi connectivity index (χ3n) is 1.24. The summed E-state index contributed by atoms with van der Waals surface area (Å²) in [4.78, 5) is 22.2. The fourth-order valence-electron chi connectivity index (χ4n) is 0.678. The van der Waals surface area contributed by atoms with E-state index >= 15 is 0 Å². The molecule has 7 nitrogen and oxygen atoms in total. The number of rotatable bonds is 2. The number of hydrogen-bond acceptors (Lipinski definition) is 5. The minimum atomic E-state index is -0.831. The van der Waals surface area contributed by atoms with Gasteiger partial charge in [-0.3, -0.25) is 25.2 Å². The predicted molar refractivity (Wildman–Crippen MR) is 53.9 cm³/mol. The Morgan fingerprint density at radius 1 is 1.13 bits per heavy atom. The lowest BCUT2D eigenvalue weighted by atomic mass is 10.4. The number of nitrogens with zero attached hydrogens (tertiary/aromatic N) is 3. The molecule has 0 spiro atoms. The van der Waals surface area contributed by atoms with E-state index in [1.54, 1.807) is 0 Å². The van der Waals surface area contributed by atoms with Crippen LogP contribution >= 0.6 is 11.6 Å². The Bertz CT molecular complexity index is 350. The molecule has 0 aliphatic carbocycles. The first-order valence-corrected chi connectivity index (χ1v) is 4.34. The fraction of sp³-hybridized carbons (Fsp3) is 0.286. The van der Waals surface area contributed by atoms with E-state index in [-0.39, 0.29) is 0 Å². The van der Waals surface area contributed by atoms with E-state index in [2.05, 4.69) is 4.98 Å². The Hall–Kier alpha value is -1.76. The predicted octanol–water partition coefficient (Wildman–Crippen LogP) is 2.58. The first-order chi connectivity index (χ1) is 7.04. The molecule has 0 fully saturated rings. The summed E-state index contributed by atoms with van der Waals surface area (Å²) in [6.07, 6.45) is 1.71. The Balaban J connectivity index is 0.000000921. The largest absolute Gasteiger partial charge is 0.313 e. The molecule has 0 radical (unpaired) electrons. The van der Waals surface area contributed by atoms with E-state index in [4.69, 9.17) is 11.6 Å². The third kappa shape index (κ3) is 3.13. The van der Waals surface area contributed by atoms with Gasteiger partial charge >= 0.3 is 11.4 Å². The van der Waals surface area contributed by atoms with Crippen molar-refractivity contribution in [3.63, 3.8) is 0 Å². The molecule has 15 heavy (non-hydrogen) atoms. The lowest BCUT2D eigenvalue weighted by molar-refractivity contribution is -0.394. The zero-order chi connectivity index (χ0) is 12.0. The van der Waals surface area contributed by atoms with Crippen LogP contribution in [0.3, 0.4) is 0 Å². The second-order valence-corrected chi connectivity index (χ2v) is 2.38. The van der Waals surface area contributed by atoms with E-state index < -0.39 is 26.2 Å². The molecule has 82 valence electrons. The molecular weight excluding hydrogens is 226 g/mol. The minimum absolute atomic E-state index is 0.509. The van der Waals surface area contributed by atoms with Crippen molar-refractivity contribution in [3.8, 4) is 0 Å². The summed E-state index contributed by atoms with van der Waals surface area (Å²) in [5.41, 5.74) is -1.15. The molecule has 0 saturated heterocycles. The molecule has 1 aromatic heterocycles. The molecule has 1 aromatic rings. The summed E-state index contributed by atoms with van der Waals surface area (Å²) >= 11 is 5.38. The highest BCUT2D eigenvalue weighted by Crippen LogP contribution is 2.31. The van der Waals surface area contributed by atoms with Crippen molar-refractivity contribution >= 4 is 23.0 Å². The molecule has 0 aliphatic rings. The van der Waals surface area contributed by atoms with Gasteiger partial charge in [-0.25, -0.2) is 0 Å². The van der Waals surface area contributed by atoms with Gasteiger partial charge < -0.3 is 0 Å². The van der Waals surface area contributed by atoms with E-state index in [0.29, 0.717) is 0 Å². The molecule has 0 aliphatic heterocycles. The third-order valence-corrected chi connectivity index (χ3v) is 1.62. The van der Waals surface area contributed by atoms with Gasteiger partial charge in [-0.1, -0.05) is 25.4 Å². The molecule has 0 aromatic carbocycles. The summed E-state index contributed by atoms with van der Waals surface area (Å²) in [5.74, 6) is 0. The van der Waals surface area contributed by atoms with Crippen LogP contribution in [0.1, 0.15) is 13.8 Å². The number of nitro groups is 2. The monoisotopic (exact) mass is 233 g/mol. The van der Waals surface area contributed by atoms with Gasteiger partial charge in [0.15, 0.2) is 5.02 Å². The Morgan fingerprint density at radius 2 is 1.47 bits per heavy atom. The standard InChI is InChI=1S/C5H2ClN3O4.C2H6/c6-5-3(8(10)11)1-7-2-4(5)9(12)13;1-2/h1-2H;1-2H3. The van der Waals surface area contributed by atoms with Crippen LogP contribution < -0.4 is 0 Å². The number of pyridine rings is 1. The summed E-state index contributed by atoms with van der Waals surface area (Å²) in [7, 11) is 0. The fourth-order valence-corrected chi connectivity index (χ4v) is 0.913. The van der Waals surface area contributed by atoms with Crippen LogP contribution in [-0.4, -0.2) is 14.8 Å². The quantitative estimate of drug-likeness (QED) is 0.577. The van der Waals surface area contributed by atoms with Gasteiger partial charge in [0, 0.05) is 0 Å². The van der Waals surface area contributed by atoms with Gasteiger partial charge in [0.05, 0.1) is 9.85 Å². The van der Waals surface area contributed by atoms with Crippen LogP contribution in [0.4, 0.5) is 11.4 Å². The summed E-state index contributed by atoms with van der Waals surface area (Å²) in [5, 5.41) is 20.0. The van der Waals surface area contributed by atoms with Crippen LogP contribution in [0.15, 0.2) is 12.4 Å². The number of halogens is 1. The molecular formula is C7H8ClN3O4. The smallest absolute Gasteiger partial charge is 0.258 e. The van der Waals surface area contributed by atoms with E-state index in [0.717, 1.165) is 12.4 Å². The summed E-state index contributed by atoms with van der Waals surface area (Å²) in [6.45, 7) is 4.00. The Kier molecular flexibility index (Phi) is 5.18. The summed E-state index contributed by atoms with van der Waals surface area (Å²) < 4.78 is 0. The highest BCUT2D eigenvalue weighted by atomic mass is 35.5. The molecule has 8 heteroatoms. The summed E-state index contributed by atoms with van der Waals surface area (Å²) in [6, 6.07) is 0. The maximum Gasteiger partial charge on any atom is 0.313 e. The average molecular weight is 234 g/mol. The molecule has 0 amide bonds. The van der Waals surface area contributed by atoms with Crippen molar-refractivity contribution in [1.29, 1.82) is 0 Å². The maximum absolute atomic E-state index is 10.3. The zero-order valence-corrected chi connectivity index (χ0v) is 8.76. The van der Waals surface area contributed by atoms with Crippen LogP contribution in [0.2, 0.25) is 5.02 Å². The van der Waals surface area contributed by atoms with E-state index in [1.165, 1.54) is 0 Å². The van der Waals surface area contributed by atoms with Crippen molar-refractivity contribution in [1.82, 2.24) is 4.98 Å². The lowest BCUT2D eigenvalue weighted by Crippen LogP contribution is -1.95. The van der Waals surface area contributed by atoms with Crippen molar-refractivity contribution in [2.24, 2.45) is 0 Å². The van der Waals surface area contributed by atoms with E-state index in [1.807, 2.05) is 13.8 Å². The molecule has 0 bridgehead atoms. The minimum Gasteiger partial charge on any atom is -0.258 e. The average Bonchev–Trinajstić information content (AvgIpc) is 2.20. The Morgan fingerprint density at radius 3 is 1.73 bits per heavy atom. The normalized spacial score (nSPS) is 8.73. The van der Waals surface area contributed by atoms with Crippen molar-refractivity contribution < 1.29 is 9.85 Å². The number of aromatic nitrogens is 1. The zero-order valence-electron chi connectivity index (χ0n) is 8.01. The molecule has 1 heterocycles. The van der Waals surface area contributed by atoms with Crippen LogP contribution in [-0.2, 0) is 0 Å². The highest BCUT2D eigenvalue weighted by Gasteiger charge is 2.23. The van der Waals surface area contributed by atoms with Gasteiger partial charge in [-0.05, 0) is 0 Å². The Labute approximate surface area is 90.0 Å². The molecule has 0 N–H and O–H groups in total. The highest BCUT2D eigenvalue weighted by molar-refractivity contribution is 6.34. The SMILES string of the molecule is CC.O=[N+]([O-])c1cncc([N+](=O)[O-])c1Cl. The van der Waals surface area contributed by atoms with Gasteiger partial charge in [0.1, 0.15) is 12.4 Å². The molecule has 0 atom stereocenters. The second kappa shape index (κ2) is 5.86. The first kappa shape index (κ1) is 13.2. The van der Waals surface area contributed by atoms with E-state index in [9.17, 15) is 20.2 Å². The topological polar surface area (TPSA) is 99.2 Å². The van der Waals surface area contributed by atoms with Crippen molar-refractivity contribution in [2.45, 2.75) is 13.8 Å². The second-order valence-electron chi connectivity index (χ2n) is 2.01. The van der Waals surface area contributed by atoms with Gasteiger partial charge in [-0.2, -0.15) is 0 Å². The van der Waals surface area contributed by atoms with Crippen LogP contribution in [0, 0.1) is 20.2 Å². The van der Waals surface area contributed by atoms with Gasteiger partial charge in [-0.15, -0.1) is 0 Å². The molecule has 1 rings (SSSR count). The maximum atomic E-state index is 10.3. The van der Waals surface area contributed by atoms with Gasteiger partial charge in [0.25, 0.3) is 0 Å². The number of hydrogen-bond donors (Lipinski definition) is 0. The van der Waals surface area contributed by atoms with Crippen molar-refractivity contribution in [3.05, 3.63) is 37.6 Å². The van der Waals surface area contributed by atoms with Crippen LogP contribution in [0.5, 0.6) is 0 Å². The molecule has 0 unspecified atom stereocenters. The van der Waals surface area contributed by atoms with Crippen molar-refractivity contribution in [2.75, 3.05) is 0 Å². The first-order valence-electron chi connectivity index (χ1n) is 3.96.